The molecule has 0 saturated carbocycles. The molecule has 1 fully saturated rings. The SMILES string of the molecule is CN[C@H]1C[C@H](O[C@H]2C[C@](O)(C(=O)CO)Cc3c(O)c4c(c(O)c32)C(=O)c2c(OC)cccc2C4=O)O[C@@H](C)C1. The summed E-state index contributed by atoms with van der Waals surface area (Å²) in [6.45, 7) is 0.898. The number of phenols is 2. The fraction of sp³-hybridized carbons (Fsp3) is 0.464. The van der Waals surface area contributed by atoms with E-state index in [2.05, 4.69) is 5.32 Å². The molecule has 0 radical (unpaired) electrons. The average Bonchev–Trinajstić information content (AvgIpc) is 2.91. The number of Topliss-reactive ketones (excluding diaryl/α,β-unsaturated/α-hetero) is 1. The van der Waals surface area contributed by atoms with Crippen molar-refractivity contribution in [3.8, 4) is 17.2 Å². The molecule has 2 aliphatic carbocycles. The molecule has 1 saturated heterocycles. The van der Waals surface area contributed by atoms with Crippen LogP contribution in [0.1, 0.15) is 75.3 Å². The number of nitrogens with one attached hydrogen (secondary N) is 1. The van der Waals surface area contributed by atoms with Crippen LogP contribution in [0, 0.1) is 0 Å². The van der Waals surface area contributed by atoms with Crippen molar-refractivity contribution in [3.63, 3.8) is 0 Å². The molecule has 0 unspecified atom stereocenters. The predicted molar refractivity (Wildman–Crippen MR) is 135 cm³/mol. The van der Waals surface area contributed by atoms with Crippen molar-refractivity contribution in [2.75, 3.05) is 20.8 Å². The van der Waals surface area contributed by atoms with Crippen molar-refractivity contribution in [3.05, 3.63) is 51.6 Å². The summed E-state index contributed by atoms with van der Waals surface area (Å²) in [4.78, 5) is 39.9. The summed E-state index contributed by atoms with van der Waals surface area (Å²) in [5, 5.41) is 46.9. The molecule has 5 atom stereocenters. The van der Waals surface area contributed by atoms with Gasteiger partial charge in [-0.15, -0.1) is 0 Å². The first-order valence-electron chi connectivity index (χ1n) is 12.8. The molecule has 208 valence electrons. The van der Waals surface area contributed by atoms with E-state index in [1.807, 2.05) is 6.92 Å². The van der Waals surface area contributed by atoms with E-state index >= 15 is 0 Å². The number of ketones is 3. The van der Waals surface area contributed by atoms with Crippen molar-refractivity contribution in [2.45, 2.75) is 62.7 Å². The van der Waals surface area contributed by atoms with Crippen LogP contribution in [0.3, 0.4) is 0 Å². The molecule has 5 rings (SSSR count). The second-order valence-electron chi connectivity index (χ2n) is 10.3. The second kappa shape index (κ2) is 10.00. The van der Waals surface area contributed by atoms with Crippen LogP contribution in [0.25, 0.3) is 0 Å². The molecule has 0 spiro atoms. The lowest BCUT2D eigenvalue weighted by molar-refractivity contribution is -0.227. The van der Waals surface area contributed by atoms with Crippen molar-refractivity contribution in [2.24, 2.45) is 0 Å². The molecule has 1 heterocycles. The van der Waals surface area contributed by atoms with Gasteiger partial charge in [-0.05, 0) is 26.5 Å². The minimum absolute atomic E-state index is 0.0190. The zero-order valence-corrected chi connectivity index (χ0v) is 21.8. The average molecular weight is 542 g/mol. The molecule has 1 aliphatic heterocycles. The molecule has 11 nitrogen and oxygen atoms in total. The lowest BCUT2D eigenvalue weighted by Gasteiger charge is -2.41. The van der Waals surface area contributed by atoms with Crippen LogP contribution in [-0.4, -0.2) is 82.6 Å². The van der Waals surface area contributed by atoms with Gasteiger partial charge in [0.25, 0.3) is 0 Å². The van der Waals surface area contributed by atoms with Crippen LogP contribution in [0.4, 0.5) is 0 Å². The largest absolute Gasteiger partial charge is 0.507 e. The van der Waals surface area contributed by atoms with E-state index in [4.69, 9.17) is 14.2 Å². The van der Waals surface area contributed by atoms with Gasteiger partial charge in [-0.1, -0.05) is 12.1 Å². The normalized spacial score (nSPS) is 27.9. The van der Waals surface area contributed by atoms with Gasteiger partial charge < -0.3 is 40.0 Å². The Labute approximate surface area is 224 Å². The zero-order chi connectivity index (χ0) is 28.2. The Balaban J connectivity index is 1.68. The third kappa shape index (κ3) is 4.30. The fourth-order valence-electron chi connectivity index (χ4n) is 6.00. The topological polar surface area (TPSA) is 172 Å². The minimum Gasteiger partial charge on any atom is -0.507 e. The number of hydrogen-bond acceptors (Lipinski definition) is 11. The Morgan fingerprint density at radius 2 is 1.85 bits per heavy atom. The Morgan fingerprint density at radius 3 is 2.51 bits per heavy atom. The van der Waals surface area contributed by atoms with Crippen LogP contribution in [-0.2, 0) is 20.7 Å². The summed E-state index contributed by atoms with van der Waals surface area (Å²) in [5.41, 5.74) is -3.22. The number of carbonyl (C=O) groups is 3. The van der Waals surface area contributed by atoms with Crippen molar-refractivity contribution < 1.29 is 49.0 Å². The highest BCUT2D eigenvalue weighted by atomic mass is 16.7. The molecule has 0 aromatic heterocycles. The maximum atomic E-state index is 13.7. The first-order valence-corrected chi connectivity index (χ1v) is 12.8. The third-order valence-electron chi connectivity index (χ3n) is 7.94. The Bertz CT molecular complexity index is 1370. The maximum Gasteiger partial charge on any atom is 0.202 e. The number of aliphatic hydroxyl groups excluding tert-OH is 1. The number of ether oxygens (including phenoxy) is 3. The summed E-state index contributed by atoms with van der Waals surface area (Å²) in [6, 6.07) is 4.49. The second-order valence-corrected chi connectivity index (χ2v) is 10.3. The Morgan fingerprint density at radius 1 is 1.13 bits per heavy atom. The highest BCUT2D eigenvalue weighted by molar-refractivity contribution is 6.31. The number of rotatable bonds is 6. The van der Waals surface area contributed by atoms with Gasteiger partial charge in [0.15, 0.2) is 17.9 Å². The van der Waals surface area contributed by atoms with Crippen LogP contribution in [0.5, 0.6) is 17.2 Å². The standard InChI is InChI=1S/C28H31NO10/c1-12-7-13(29-2)8-19(38-12)39-17-10-28(36,18(31)11-30)9-15-21(17)27(35)23-22(25(15)33)24(32)14-5-4-6-16(37-3)20(14)26(23)34/h4-6,12-13,17,19,29-30,33,35-36H,7-11H2,1-3H3/t12-,13+,17-,19-,28-/m0/s1. The van der Waals surface area contributed by atoms with Gasteiger partial charge >= 0.3 is 0 Å². The molecule has 2 aromatic carbocycles. The van der Waals surface area contributed by atoms with Crippen LogP contribution in [0.2, 0.25) is 0 Å². The molecular weight excluding hydrogens is 510 g/mol. The molecule has 0 bridgehead atoms. The van der Waals surface area contributed by atoms with E-state index in [1.54, 1.807) is 7.05 Å². The number of hydrogen-bond donors (Lipinski definition) is 5. The summed E-state index contributed by atoms with van der Waals surface area (Å²) >= 11 is 0. The maximum absolute atomic E-state index is 13.7. The number of fused-ring (bicyclic) bond motifs is 3. The number of aliphatic hydroxyl groups is 2. The van der Waals surface area contributed by atoms with Gasteiger partial charge in [-0.2, -0.15) is 0 Å². The van der Waals surface area contributed by atoms with E-state index < -0.39 is 71.0 Å². The molecule has 5 N–H and O–H groups in total. The summed E-state index contributed by atoms with van der Waals surface area (Å²) in [5.74, 6) is -3.47. The fourth-order valence-corrected chi connectivity index (χ4v) is 6.00. The number of aromatic hydroxyl groups is 2. The predicted octanol–water partition coefficient (Wildman–Crippen LogP) is 1.29. The van der Waals surface area contributed by atoms with Crippen LogP contribution in [0.15, 0.2) is 18.2 Å². The monoisotopic (exact) mass is 541 g/mol. The van der Waals surface area contributed by atoms with E-state index in [0.717, 1.165) is 6.42 Å². The van der Waals surface area contributed by atoms with Crippen molar-refractivity contribution in [1.29, 1.82) is 0 Å². The van der Waals surface area contributed by atoms with E-state index in [9.17, 15) is 34.8 Å². The van der Waals surface area contributed by atoms with Gasteiger partial charge in [0.2, 0.25) is 5.78 Å². The third-order valence-corrected chi connectivity index (χ3v) is 7.94. The Kier molecular flexibility index (Phi) is 6.98. The highest BCUT2D eigenvalue weighted by Gasteiger charge is 2.49. The lowest BCUT2D eigenvalue weighted by Crippen LogP contribution is -2.48. The molecule has 39 heavy (non-hydrogen) atoms. The number of benzene rings is 2. The van der Waals surface area contributed by atoms with Crippen LogP contribution >= 0.6 is 0 Å². The molecule has 0 amide bonds. The number of methoxy groups -OCH3 is 1. The Hall–Kier alpha value is -3.35. The van der Waals surface area contributed by atoms with Gasteiger partial charge in [-0.25, -0.2) is 0 Å². The molecular formula is C28H31NO10. The molecule has 11 heteroatoms. The van der Waals surface area contributed by atoms with E-state index in [-0.39, 0.29) is 46.6 Å². The number of carbonyl (C=O) groups excluding carboxylic acids is 3. The first-order chi connectivity index (χ1) is 18.5. The number of phenolic OH excluding ortho intramolecular Hbond substituents is 2. The quantitative estimate of drug-likeness (QED) is 0.285. The minimum atomic E-state index is -2.17. The van der Waals surface area contributed by atoms with Crippen molar-refractivity contribution in [1.82, 2.24) is 5.32 Å². The van der Waals surface area contributed by atoms with E-state index in [1.165, 1.54) is 25.3 Å². The van der Waals surface area contributed by atoms with Gasteiger partial charge in [0.05, 0.1) is 36.0 Å². The zero-order valence-electron chi connectivity index (χ0n) is 21.8. The van der Waals surface area contributed by atoms with Crippen LogP contribution < -0.4 is 10.1 Å². The first kappa shape index (κ1) is 27.2. The highest BCUT2D eigenvalue weighted by Crippen LogP contribution is 2.52. The smallest absolute Gasteiger partial charge is 0.202 e. The van der Waals surface area contributed by atoms with E-state index in [0.29, 0.717) is 6.42 Å². The summed E-state index contributed by atoms with van der Waals surface area (Å²) in [7, 11) is 3.15. The van der Waals surface area contributed by atoms with Gasteiger partial charge in [0, 0.05) is 42.0 Å². The summed E-state index contributed by atoms with van der Waals surface area (Å²) in [6.07, 6.45) is -1.98. The van der Waals surface area contributed by atoms with Gasteiger partial charge in [-0.3, -0.25) is 14.4 Å². The lowest BCUT2D eigenvalue weighted by atomic mass is 9.72. The van der Waals surface area contributed by atoms with Gasteiger partial charge in [0.1, 0.15) is 29.5 Å². The molecule has 2 aromatic rings. The molecule has 3 aliphatic rings. The summed E-state index contributed by atoms with van der Waals surface area (Å²) < 4.78 is 17.4. The van der Waals surface area contributed by atoms with Crippen molar-refractivity contribution >= 4 is 17.3 Å².